The maximum atomic E-state index is 14.1. The molecule has 0 bridgehead atoms. The molecule has 13 nitrogen and oxygen atoms in total. The van der Waals surface area contributed by atoms with Crippen LogP contribution in [0, 0.1) is 22.7 Å². The Bertz CT molecular complexity index is 2760. The molecule has 2 aliphatic rings. The third kappa shape index (κ3) is 19.3. The summed E-state index contributed by atoms with van der Waals surface area (Å²) >= 11 is 0. The van der Waals surface area contributed by atoms with Crippen molar-refractivity contribution in [1.82, 2.24) is 14.8 Å². The van der Waals surface area contributed by atoms with Crippen LogP contribution in [0.5, 0.6) is 11.5 Å². The lowest BCUT2D eigenvalue weighted by Gasteiger charge is -2.37. The van der Waals surface area contributed by atoms with Gasteiger partial charge in [-0.15, -0.1) is 0 Å². The third-order valence-electron chi connectivity index (χ3n) is 13.0. The molecule has 2 aliphatic carbocycles. The molecule has 2 amide bonds. The number of hydrogen-bond donors (Lipinski definition) is 4. The van der Waals surface area contributed by atoms with E-state index in [4.69, 9.17) is 15.2 Å². The molecule has 406 valence electrons. The van der Waals surface area contributed by atoms with Crippen LogP contribution >= 0.6 is 0 Å². The van der Waals surface area contributed by atoms with Crippen LogP contribution in [-0.4, -0.2) is 72.7 Å². The van der Waals surface area contributed by atoms with Crippen LogP contribution in [0.3, 0.4) is 0 Å². The van der Waals surface area contributed by atoms with Crippen molar-refractivity contribution in [1.29, 1.82) is 0 Å². The highest BCUT2D eigenvalue weighted by atomic mass is 32.2. The van der Waals surface area contributed by atoms with Crippen molar-refractivity contribution in [3.05, 3.63) is 82.9 Å². The molecule has 0 heterocycles. The standard InChI is InChI=1S/C26H35F3N2O4S.C22H25F3O2.C4H10N2O3S/c1-25(2,3)19-7-9-20(10-8-19)35-22-12-6-18-15-17(5-11-21(18)24(22)26(27,28)29)16-30-14-13-23(32)31-36(4,33)34;1-21(2,3)16-6-8-17(9-7-16)27-19-11-5-15-12-14(13-26)4-10-18(15)20(19)22(23,24)25;1-10(8,9)6-4(7)2-3-5/h5-6,11-12,15,19-20,30H,7-10,13-14,16H2,1-4H3,(H,31,32);4-5,10-13,16-17H,6-9H2,1-3H3;2-3,5H2,1H3,(H,6,7). The van der Waals surface area contributed by atoms with Crippen molar-refractivity contribution in [3.63, 3.8) is 0 Å². The highest BCUT2D eigenvalue weighted by Crippen LogP contribution is 2.46. The average molecular weight is 1070 g/mol. The van der Waals surface area contributed by atoms with E-state index in [0.29, 0.717) is 41.0 Å². The lowest BCUT2D eigenvalue weighted by molar-refractivity contribution is -0.139. The minimum absolute atomic E-state index is 0.0348. The van der Waals surface area contributed by atoms with Crippen LogP contribution in [-0.2, 0) is 48.5 Å². The maximum Gasteiger partial charge on any atom is 0.420 e. The van der Waals surface area contributed by atoms with Gasteiger partial charge in [0.1, 0.15) is 28.9 Å². The van der Waals surface area contributed by atoms with Crippen molar-refractivity contribution in [2.75, 3.05) is 25.6 Å². The predicted molar refractivity (Wildman–Crippen MR) is 271 cm³/mol. The second-order valence-corrected chi connectivity index (χ2v) is 24.5. The second kappa shape index (κ2) is 25.0. The van der Waals surface area contributed by atoms with Crippen molar-refractivity contribution < 1.29 is 67.0 Å². The Balaban J connectivity index is 0.000000274. The lowest BCUT2D eigenvalue weighted by Crippen LogP contribution is -2.31. The zero-order valence-corrected chi connectivity index (χ0v) is 44.3. The Morgan fingerprint density at radius 2 is 1.03 bits per heavy atom. The van der Waals surface area contributed by atoms with E-state index in [1.807, 2.05) is 4.72 Å². The van der Waals surface area contributed by atoms with E-state index < -0.39 is 55.3 Å². The minimum atomic E-state index is -4.57. The Morgan fingerprint density at radius 3 is 1.41 bits per heavy atom. The van der Waals surface area contributed by atoms with Gasteiger partial charge in [-0.05, 0) is 125 Å². The number of carbonyl (C=O) groups is 3. The number of benzene rings is 4. The number of halogens is 6. The molecule has 6 rings (SSSR count). The van der Waals surface area contributed by atoms with E-state index in [1.165, 1.54) is 36.4 Å². The molecule has 73 heavy (non-hydrogen) atoms. The van der Waals surface area contributed by atoms with Crippen molar-refractivity contribution >= 4 is 59.7 Å². The largest absolute Gasteiger partial charge is 0.490 e. The lowest BCUT2D eigenvalue weighted by atomic mass is 9.72. The Hall–Kier alpha value is -4.99. The van der Waals surface area contributed by atoms with E-state index >= 15 is 0 Å². The third-order valence-corrected chi connectivity index (χ3v) is 14.2. The molecule has 0 radical (unpaired) electrons. The number of nitrogens with two attached hydrogens (primary N) is 1. The van der Waals surface area contributed by atoms with Crippen molar-refractivity contribution in [2.45, 2.75) is 137 Å². The van der Waals surface area contributed by atoms with Crippen LogP contribution in [0.25, 0.3) is 21.5 Å². The molecule has 0 saturated heterocycles. The van der Waals surface area contributed by atoms with Gasteiger partial charge in [-0.1, -0.05) is 77.9 Å². The molecule has 0 atom stereocenters. The first-order chi connectivity index (χ1) is 33.7. The Labute approximate surface area is 425 Å². The van der Waals surface area contributed by atoms with Crippen LogP contribution in [0.1, 0.15) is 133 Å². The Morgan fingerprint density at radius 1 is 0.616 bits per heavy atom. The fraction of sp³-hybridized carbons (Fsp3) is 0.558. The number of fused-ring (bicyclic) bond motifs is 2. The molecule has 4 aromatic rings. The summed E-state index contributed by atoms with van der Waals surface area (Å²) < 4.78 is 142. The van der Waals surface area contributed by atoms with Gasteiger partial charge in [0.25, 0.3) is 0 Å². The highest BCUT2D eigenvalue weighted by molar-refractivity contribution is 7.89. The van der Waals surface area contributed by atoms with E-state index in [1.54, 1.807) is 29.0 Å². The van der Waals surface area contributed by atoms with Gasteiger partial charge in [-0.2, -0.15) is 26.3 Å². The quantitative estimate of drug-likeness (QED) is 0.0532. The molecule has 0 unspecified atom stereocenters. The number of amides is 2. The molecule has 21 heteroatoms. The first-order valence-corrected chi connectivity index (χ1v) is 27.9. The predicted octanol–water partition coefficient (Wildman–Crippen LogP) is 10.5. The van der Waals surface area contributed by atoms with Crippen LogP contribution < -0.4 is 30.0 Å². The summed E-state index contributed by atoms with van der Waals surface area (Å²) in [7, 11) is -7.01. The van der Waals surface area contributed by atoms with Gasteiger partial charge in [0.15, 0.2) is 0 Å². The first-order valence-electron chi connectivity index (χ1n) is 24.2. The fourth-order valence-corrected chi connectivity index (χ4v) is 10.2. The summed E-state index contributed by atoms with van der Waals surface area (Å²) in [6, 6.07) is 15.0. The van der Waals surface area contributed by atoms with Gasteiger partial charge < -0.3 is 20.5 Å². The minimum Gasteiger partial charge on any atom is -0.490 e. The van der Waals surface area contributed by atoms with Gasteiger partial charge in [0.2, 0.25) is 31.9 Å². The van der Waals surface area contributed by atoms with Gasteiger partial charge >= 0.3 is 12.4 Å². The van der Waals surface area contributed by atoms with Gasteiger partial charge in [0.05, 0.1) is 24.7 Å². The number of aldehydes is 1. The van der Waals surface area contributed by atoms with Gasteiger partial charge in [0, 0.05) is 38.0 Å². The zero-order valence-electron chi connectivity index (χ0n) is 42.7. The first kappa shape index (κ1) is 60.6. The summed E-state index contributed by atoms with van der Waals surface area (Å²) in [4.78, 5) is 33.0. The van der Waals surface area contributed by atoms with Gasteiger partial charge in [-0.25, -0.2) is 16.8 Å². The van der Waals surface area contributed by atoms with E-state index in [9.17, 15) is 57.6 Å². The molecule has 0 aromatic heterocycles. The molecular formula is C52H70F6N4O9S2. The van der Waals surface area contributed by atoms with Gasteiger partial charge in [-0.3, -0.25) is 23.8 Å². The maximum absolute atomic E-state index is 14.1. The summed E-state index contributed by atoms with van der Waals surface area (Å²) in [6.07, 6.45) is -0.265. The van der Waals surface area contributed by atoms with Crippen LogP contribution in [0.4, 0.5) is 26.3 Å². The normalized spacial score (nSPS) is 18.9. The summed E-state index contributed by atoms with van der Waals surface area (Å²) in [5, 5.41) is 3.98. The number of alkyl halides is 6. The highest BCUT2D eigenvalue weighted by Gasteiger charge is 2.40. The number of sulfonamides is 2. The number of carbonyl (C=O) groups excluding carboxylic acids is 3. The molecule has 0 spiro atoms. The zero-order chi connectivity index (χ0) is 54.7. The topological polar surface area (TPSA) is 200 Å². The molecule has 2 fully saturated rings. The molecule has 4 aromatic carbocycles. The van der Waals surface area contributed by atoms with Crippen LogP contribution in [0.15, 0.2) is 60.7 Å². The summed E-state index contributed by atoms with van der Waals surface area (Å²) in [5.41, 5.74) is 4.97. The number of nitrogens with one attached hydrogen (secondary N) is 3. The number of hydrogen-bond acceptors (Lipinski definition) is 11. The fourth-order valence-electron chi connectivity index (χ4n) is 9.19. The molecule has 5 N–H and O–H groups in total. The molecule has 2 saturated carbocycles. The van der Waals surface area contributed by atoms with Crippen LogP contribution in [0.2, 0.25) is 0 Å². The van der Waals surface area contributed by atoms with E-state index in [0.717, 1.165) is 69.4 Å². The second-order valence-electron chi connectivity index (χ2n) is 21.0. The van der Waals surface area contributed by atoms with E-state index in [2.05, 4.69) is 46.9 Å². The van der Waals surface area contributed by atoms with Crippen molar-refractivity contribution in [2.24, 2.45) is 28.4 Å². The summed E-state index contributed by atoms with van der Waals surface area (Å²) in [5.74, 6) is -0.331. The molecular weight excluding hydrogens is 1000 g/mol. The average Bonchev–Trinajstić information content (AvgIpc) is 3.25. The smallest absolute Gasteiger partial charge is 0.420 e. The Kier molecular flexibility index (Phi) is 20.8. The summed E-state index contributed by atoms with van der Waals surface area (Å²) in [6.45, 7) is 13.9. The number of rotatable bonds is 14. The SMILES string of the molecule is CC(C)(C)C1CCC(Oc2ccc3cc(C=O)ccc3c2C(F)(F)F)CC1.CC(C)(C)C1CCC(Oc2ccc3cc(CNCCC(=O)NS(C)(=O)=O)ccc3c2C(F)(F)F)CC1.CS(=O)(=O)NC(=O)CCN. The monoisotopic (exact) mass is 1070 g/mol. The molecule has 0 aliphatic heterocycles. The van der Waals surface area contributed by atoms with E-state index in [-0.39, 0.29) is 71.2 Å². The number of ether oxygens (including phenoxy) is 2. The van der Waals surface area contributed by atoms with Crippen molar-refractivity contribution in [3.8, 4) is 11.5 Å².